The average Bonchev–Trinajstić information content (AvgIpc) is 2.50. The smallest absolute Gasteiger partial charge is 0.230 e. The molecule has 0 spiro atoms. The van der Waals surface area contributed by atoms with Crippen molar-refractivity contribution < 1.29 is 15.3 Å². The third-order valence-corrected chi connectivity index (χ3v) is 1.84. The number of rotatable bonds is 2. The van der Waals surface area contributed by atoms with E-state index in [4.69, 9.17) is 10.3 Å². The van der Waals surface area contributed by atoms with Gasteiger partial charge in [0.05, 0.1) is 18.1 Å². The molecular formula is C5H11N3NaO3. The predicted molar refractivity (Wildman–Crippen MR) is 40.4 cm³/mol. The summed E-state index contributed by atoms with van der Waals surface area (Å²) < 4.78 is 0. The molecule has 1 unspecified atom stereocenters. The molecule has 0 aromatic carbocycles. The van der Waals surface area contributed by atoms with E-state index in [2.05, 4.69) is 5.28 Å². The standard InChI is InChI=1S/C5H11N3O3.Na/c9-4-5-1-2-7(3-5)8(11)6-10;/h5,9-10H,1-4H2;. The Morgan fingerprint density at radius 3 is 2.75 bits per heavy atom. The summed E-state index contributed by atoms with van der Waals surface area (Å²) in [6.45, 7) is 1.08. The molecule has 0 amide bonds. The van der Waals surface area contributed by atoms with E-state index in [1.807, 2.05) is 0 Å². The zero-order valence-corrected chi connectivity index (χ0v) is 9.05. The predicted octanol–water partition coefficient (Wildman–Crippen LogP) is -0.814. The minimum Gasteiger partial charge on any atom is -0.569 e. The molecule has 7 heteroatoms. The molecule has 0 aromatic rings. The van der Waals surface area contributed by atoms with Gasteiger partial charge in [-0.25, -0.2) is 0 Å². The van der Waals surface area contributed by atoms with Crippen LogP contribution in [0.15, 0.2) is 5.28 Å². The zero-order valence-electron chi connectivity index (χ0n) is 7.05. The van der Waals surface area contributed by atoms with Gasteiger partial charge in [-0.1, -0.05) is 0 Å². The van der Waals surface area contributed by atoms with Gasteiger partial charge in [0.2, 0.25) is 5.28 Å². The van der Waals surface area contributed by atoms with Crippen LogP contribution in [0.25, 0.3) is 0 Å². The molecule has 1 aliphatic rings. The summed E-state index contributed by atoms with van der Waals surface area (Å²) in [5, 5.41) is 31.2. The molecule has 12 heavy (non-hydrogen) atoms. The maximum atomic E-state index is 10.6. The molecule has 0 saturated carbocycles. The van der Waals surface area contributed by atoms with Crippen molar-refractivity contribution in [1.82, 2.24) is 5.01 Å². The monoisotopic (exact) mass is 184 g/mol. The van der Waals surface area contributed by atoms with E-state index in [1.165, 1.54) is 5.01 Å². The minimum absolute atomic E-state index is 0. The van der Waals surface area contributed by atoms with Crippen molar-refractivity contribution in [2.45, 2.75) is 6.42 Å². The fourth-order valence-corrected chi connectivity index (χ4v) is 1.17. The van der Waals surface area contributed by atoms with E-state index in [-0.39, 0.29) is 47.1 Å². The fourth-order valence-electron chi connectivity index (χ4n) is 1.17. The molecule has 6 nitrogen and oxygen atoms in total. The molecule has 65 valence electrons. The Morgan fingerprint density at radius 1 is 1.67 bits per heavy atom. The van der Waals surface area contributed by atoms with E-state index >= 15 is 0 Å². The Morgan fingerprint density at radius 2 is 2.33 bits per heavy atom. The first kappa shape index (κ1) is 12.0. The van der Waals surface area contributed by atoms with Crippen LogP contribution >= 0.6 is 0 Å². The maximum absolute atomic E-state index is 10.6. The summed E-state index contributed by atoms with van der Waals surface area (Å²) in [6.07, 6.45) is 0.769. The minimum atomic E-state index is 0. The van der Waals surface area contributed by atoms with Gasteiger partial charge in [0.15, 0.2) is 0 Å². The number of hydrazine groups is 1. The second-order valence-corrected chi connectivity index (χ2v) is 2.59. The third-order valence-electron chi connectivity index (χ3n) is 1.84. The normalized spacial score (nSPS) is 23.9. The zero-order chi connectivity index (χ0) is 8.27. The Labute approximate surface area is 92.3 Å². The molecule has 0 bridgehead atoms. The Hall–Kier alpha value is -0.0400. The quantitative estimate of drug-likeness (QED) is 0.254. The van der Waals surface area contributed by atoms with Crippen LogP contribution in [0, 0.1) is 11.1 Å². The van der Waals surface area contributed by atoms with Crippen molar-refractivity contribution in [3.63, 3.8) is 0 Å². The molecule has 1 aliphatic heterocycles. The second kappa shape index (κ2) is 5.58. The summed E-state index contributed by atoms with van der Waals surface area (Å²) >= 11 is 0. The van der Waals surface area contributed by atoms with Gasteiger partial charge < -0.3 is 15.5 Å². The number of nitrogens with zero attached hydrogens (tertiary/aromatic N) is 3. The van der Waals surface area contributed by atoms with E-state index < -0.39 is 0 Å². The number of aliphatic hydroxyl groups is 1. The first-order chi connectivity index (χ1) is 5.27. The molecule has 1 fully saturated rings. The Bertz CT molecular complexity index is 166. The first-order valence-electron chi connectivity index (χ1n) is 3.46. The fraction of sp³-hybridized carbons (Fsp3) is 1.00. The molecule has 1 radical (unpaired) electrons. The van der Waals surface area contributed by atoms with Crippen LogP contribution in [0.5, 0.6) is 0 Å². The van der Waals surface area contributed by atoms with E-state index in [0.29, 0.717) is 13.1 Å². The summed E-state index contributed by atoms with van der Waals surface area (Å²) in [5.74, 6) is 0.133. The van der Waals surface area contributed by atoms with Gasteiger partial charge >= 0.3 is 0 Å². The van der Waals surface area contributed by atoms with Crippen LogP contribution in [0.2, 0.25) is 0 Å². The first-order valence-corrected chi connectivity index (χ1v) is 3.46. The number of hydrogen-bond donors (Lipinski definition) is 2. The topological polar surface area (TPSA) is 82.1 Å². The van der Waals surface area contributed by atoms with E-state index in [9.17, 15) is 5.21 Å². The van der Waals surface area contributed by atoms with Gasteiger partial charge in [0, 0.05) is 42.1 Å². The molecule has 0 aromatic heterocycles. The van der Waals surface area contributed by atoms with Crippen LogP contribution in [0.1, 0.15) is 6.42 Å². The van der Waals surface area contributed by atoms with Crippen molar-refractivity contribution in [2.24, 2.45) is 11.2 Å². The van der Waals surface area contributed by atoms with Crippen molar-refractivity contribution in [1.29, 1.82) is 0 Å². The summed E-state index contributed by atoms with van der Waals surface area (Å²) in [7, 11) is 0. The van der Waals surface area contributed by atoms with Gasteiger partial charge in [-0.15, -0.1) is 5.01 Å². The number of aliphatic hydroxyl groups excluding tert-OH is 1. The van der Waals surface area contributed by atoms with Crippen LogP contribution in [0.3, 0.4) is 0 Å². The average molecular weight is 184 g/mol. The Kier molecular flexibility index (Phi) is 5.56. The van der Waals surface area contributed by atoms with Gasteiger partial charge in [0.25, 0.3) is 0 Å². The summed E-state index contributed by atoms with van der Waals surface area (Å²) in [5.41, 5.74) is 0. The summed E-state index contributed by atoms with van der Waals surface area (Å²) in [6, 6.07) is 0. The molecule has 1 saturated heterocycles. The molecule has 1 rings (SSSR count). The molecular weight excluding hydrogens is 173 g/mol. The third kappa shape index (κ3) is 2.78. The molecule has 1 atom stereocenters. The van der Waals surface area contributed by atoms with Crippen LogP contribution in [-0.2, 0) is 0 Å². The van der Waals surface area contributed by atoms with Gasteiger partial charge in [-0.2, -0.15) is 0 Å². The van der Waals surface area contributed by atoms with Crippen LogP contribution in [0.4, 0.5) is 0 Å². The van der Waals surface area contributed by atoms with Crippen LogP contribution < -0.4 is 0 Å². The van der Waals surface area contributed by atoms with E-state index in [0.717, 1.165) is 6.42 Å². The largest absolute Gasteiger partial charge is 0.569 e. The van der Waals surface area contributed by atoms with Gasteiger partial charge in [0.1, 0.15) is 0 Å². The molecule has 0 aliphatic carbocycles. The van der Waals surface area contributed by atoms with Crippen LogP contribution in [-0.4, -0.2) is 69.5 Å². The van der Waals surface area contributed by atoms with Crippen molar-refractivity contribution in [2.75, 3.05) is 19.7 Å². The van der Waals surface area contributed by atoms with E-state index in [1.54, 1.807) is 0 Å². The maximum Gasteiger partial charge on any atom is 0.230 e. The SMILES string of the molecule is [Na].[O-][N+](=NO)N1CCC(CO)C1. The molecule has 1 heterocycles. The van der Waals surface area contributed by atoms with Gasteiger partial charge in [-0.05, 0) is 6.42 Å². The molecule has 2 N–H and O–H groups in total. The van der Waals surface area contributed by atoms with Crippen molar-refractivity contribution in [3.05, 3.63) is 5.21 Å². The van der Waals surface area contributed by atoms with Crippen molar-refractivity contribution >= 4 is 29.6 Å². The second-order valence-electron chi connectivity index (χ2n) is 2.59. The summed E-state index contributed by atoms with van der Waals surface area (Å²) in [4.78, 5) is 0.148. The Balaban J connectivity index is 0.00000121. The van der Waals surface area contributed by atoms with Crippen molar-refractivity contribution in [3.8, 4) is 0 Å². The number of hydrogen-bond acceptors (Lipinski definition) is 3. The van der Waals surface area contributed by atoms with Gasteiger partial charge in [-0.3, -0.25) is 0 Å².